The molecule has 3 unspecified atom stereocenters. The van der Waals surface area contributed by atoms with Crippen LogP contribution in [-0.4, -0.2) is 55.6 Å². The number of nitrogen functional groups attached to an aromatic ring is 1. The summed E-state index contributed by atoms with van der Waals surface area (Å²) in [5.74, 6) is 1.40. The average Bonchev–Trinajstić information content (AvgIpc) is 3.46. The van der Waals surface area contributed by atoms with E-state index in [2.05, 4.69) is 27.9 Å². The van der Waals surface area contributed by atoms with Gasteiger partial charge in [-0.2, -0.15) is 0 Å². The predicted octanol–water partition coefficient (Wildman–Crippen LogP) is 5.10. The lowest BCUT2D eigenvalue weighted by Crippen LogP contribution is -2.52. The van der Waals surface area contributed by atoms with Crippen LogP contribution in [0.25, 0.3) is 21.9 Å². The molecule has 8 nitrogen and oxygen atoms in total. The van der Waals surface area contributed by atoms with Gasteiger partial charge in [-0.05, 0) is 37.8 Å². The summed E-state index contributed by atoms with van der Waals surface area (Å²) in [5, 5.41) is 14.8. The van der Waals surface area contributed by atoms with Gasteiger partial charge < -0.3 is 25.5 Å². The van der Waals surface area contributed by atoms with Gasteiger partial charge in [0.25, 0.3) is 0 Å². The number of carbonyl (C=O) groups is 1. The maximum atomic E-state index is 13.7. The second-order valence-electron chi connectivity index (χ2n) is 10.7. The number of pyridine rings is 1. The number of nitrogens with one attached hydrogen (secondary N) is 1. The second kappa shape index (κ2) is 10.7. The average molecular weight is 515 g/mol. The number of hydrogen-bond acceptors (Lipinski definition) is 5. The number of anilines is 1. The highest BCUT2D eigenvalue weighted by molar-refractivity contribution is 6.07. The number of H-pyrrole nitrogens is 1. The maximum absolute atomic E-state index is 13.7. The number of hydroxylamine groups is 3. The van der Waals surface area contributed by atoms with Crippen molar-refractivity contribution in [3.63, 3.8) is 0 Å². The van der Waals surface area contributed by atoms with Gasteiger partial charge >= 0.3 is 0 Å². The molecule has 200 valence electrons. The highest BCUT2D eigenvalue weighted by Crippen LogP contribution is 2.33. The number of benzene rings is 2. The second-order valence-corrected chi connectivity index (χ2v) is 10.7. The standard InChI is InChI=1S/C30H38N6O2/c1-4-26-33-28-27-23(14-10-15-24(27)32-30(31)29(28)34-26)13-8-9-17-35(21(3)37)25-16-18-36(38,20(25)2)19-22-11-6-5-7-12-22/h5-7,10-12,14-15,20,25H,4,8-9,13,16-19H2,1-3H3,(H2,31,32)(H,33,34). The van der Waals surface area contributed by atoms with E-state index in [1.165, 1.54) is 5.56 Å². The van der Waals surface area contributed by atoms with Crippen LogP contribution < -0.4 is 5.73 Å². The van der Waals surface area contributed by atoms with Crippen molar-refractivity contribution >= 4 is 33.7 Å². The smallest absolute Gasteiger partial charge is 0.219 e. The van der Waals surface area contributed by atoms with Crippen molar-refractivity contribution in [2.75, 3.05) is 18.8 Å². The Labute approximate surface area is 224 Å². The van der Waals surface area contributed by atoms with Crippen molar-refractivity contribution in [1.82, 2.24) is 19.9 Å². The minimum atomic E-state index is -0.273. The predicted molar refractivity (Wildman–Crippen MR) is 152 cm³/mol. The molecule has 1 amide bonds. The van der Waals surface area contributed by atoms with Crippen molar-refractivity contribution in [2.24, 2.45) is 0 Å². The summed E-state index contributed by atoms with van der Waals surface area (Å²) in [6.45, 7) is 7.35. The van der Waals surface area contributed by atoms with Gasteiger partial charge in [-0.1, -0.05) is 49.4 Å². The van der Waals surface area contributed by atoms with Gasteiger partial charge in [0.15, 0.2) is 5.82 Å². The van der Waals surface area contributed by atoms with Crippen LogP contribution in [0.15, 0.2) is 48.5 Å². The van der Waals surface area contributed by atoms with Crippen LogP contribution in [0.4, 0.5) is 5.82 Å². The number of imidazole rings is 1. The lowest BCUT2D eigenvalue weighted by atomic mass is 10.0. The van der Waals surface area contributed by atoms with E-state index in [9.17, 15) is 10.0 Å². The molecule has 38 heavy (non-hydrogen) atoms. The highest BCUT2D eigenvalue weighted by atomic mass is 16.5. The Balaban J connectivity index is 1.27. The molecule has 3 atom stereocenters. The van der Waals surface area contributed by atoms with E-state index in [4.69, 9.17) is 5.73 Å². The Bertz CT molecular complexity index is 1440. The number of unbranched alkanes of at least 4 members (excludes halogenated alkanes) is 1. The highest BCUT2D eigenvalue weighted by Gasteiger charge is 2.43. The maximum Gasteiger partial charge on any atom is 0.219 e. The normalized spacial score (nSPS) is 21.4. The lowest BCUT2D eigenvalue weighted by molar-refractivity contribution is -0.904. The van der Waals surface area contributed by atoms with Gasteiger partial charge in [0.2, 0.25) is 5.91 Å². The Morgan fingerprint density at radius 1 is 1.16 bits per heavy atom. The summed E-state index contributed by atoms with van der Waals surface area (Å²) in [5.41, 5.74) is 11.0. The van der Waals surface area contributed by atoms with E-state index in [0.29, 0.717) is 25.5 Å². The molecule has 1 saturated heterocycles. The van der Waals surface area contributed by atoms with Gasteiger partial charge in [0, 0.05) is 37.3 Å². The van der Waals surface area contributed by atoms with Crippen molar-refractivity contribution in [3.8, 4) is 0 Å². The van der Waals surface area contributed by atoms with Gasteiger partial charge in [-0.15, -0.1) is 0 Å². The summed E-state index contributed by atoms with van der Waals surface area (Å²) in [6.07, 6.45) is 4.19. The molecule has 4 aromatic rings. The Kier molecular flexibility index (Phi) is 7.36. The first-order valence-corrected chi connectivity index (χ1v) is 13.7. The van der Waals surface area contributed by atoms with Crippen LogP contribution >= 0.6 is 0 Å². The van der Waals surface area contributed by atoms with E-state index >= 15 is 0 Å². The molecule has 5 rings (SSSR count). The zero-order chi connectivity index (χ0) is 26.9. The Morgan fingerprint density at radius 3 is 2.68 bits per heavy atom. The van der Waals surface area contributed by atoms with Gasteiger partial charge in [0.1, 0.15) is 23.9 Å². The molecule has 1 fully saturated rings. The van der Waals surface area contributed by atoms with Gasteiger partial charge in [0.05, 0.1) is 23.6 Å². The molecule has 8 heteroatoms. The number of fused-ring (bicyclic) bond motifs is 3. The number of nitrogens with two attached hydrogens (primary N) is 1. The first-order valence-electron chi connectivity index (χ1n) is 13.7. The Hall–Kier alpha value is -3.49. The summed E-state index contributed by atoms with van der Waals surface area (Å²) in [7, 11) is 0. The number of aryl methyl sites for hydroxylation is 2. The molecule has 2 aromatic carbocycles. The van der Waals surface area contributed by atoms with E-state index in [-0.39, 0.29) is 22.6 Å². The van der Waals surface area contributed by atoms with Crippen LogP contribution in [0, 0.1) is 5.21 Å². The third kappa shape index (κ3) is 4.98. The molecule has 0 spiro atoms. The van der Waals surface area contributed by atoms with Crippen LogP contribution in [0.3, 0.4) is 0 Å². The van der Waals surface area contributed by atoms with Gasteiger partial charge in [-0.3, -0.25) is 4.79 Å². The number of hydrogen-bond donors (Lipinski definition) is 2. The topological polar surface area (TPSA) is 111 Å². The molecule has 1 aliphatic heterocycles. The van der Waals surface area contributed by atoms with Crippen LogP contribution in [0.1, 0.15) is 57.0 Å². The Morgan fingerprint density at radius 2 is 1.95 bits per heavy atom. The largest absolute Gasteiger partial charge is 0.632 e. The molecule has 0 radical (unpaired) electrons. The molecular formula is C30H38N6O2. The first kappa shape index (κ1) is 26.1. The molecule has 0 saturated carbocycles. The minimum Gasteiger partial charge on any atom is -0.632 e. The number of aromatic nitrogens is 3. The van der Waals surface area contributed by atoms with Crippen LogP contribution in [0.2, 0.25) is 0 Å². The number of aromatic amines is 1. The van der Waals surface area contributed by atoms with Crippen molar-refractivity contribution in [1.29, 1.82) is 0 Å². The fourth-order valence-electron chi connectivity index (χ4n) is 6.11. The van der Waals surface area contributed by atoms with Crippen molar-refractivity contribution < 1.29 is 9.44 Å². The number of quaternary nitrogens is 1. The van der Waals surface area contributed by atoms with E-state index in [0.717, 1.165) is 65.4 Å². The monoisotopic (exact) mass is 514 g/mol. The van der Waals surface area contributed by atoms with E-state index in [1.807, 2.05) is 54.3 Å². The van der Waals surface area contributed by atoms with Crippen LogP contribution in [-0.2, 0) is 24.2 Å². The summed E-state index contributed by atoms with van der Waals surface area (Å²) in [4.78, 5) is 27.3. The third-order valence-electron chi connectivity index (χ3n) is 8.25. The van der Waals surface area contributed by atoms with Gasteiger partial charge in [-0.25, -0.2) is 9.97 Å². The lowest BCUT2D eigenvalue weighted by Gasteiger charge is -2.45. The zero-order valence-corrected chi connectivity index (χ0v) is 22.6. The van der Waals surface area contributed by atoms with E-state index < -0.39 is 0 Å². The molecule has 3 heterocycles. The molecule has 0 bridgehead atoms. The van der Waals surface area contributed by atoms with E-state index in [1.54, 1.807) is 6.92 Å². The summed E-state index contributed by atoms with van der Waals surface area (Å²) >= 11 is 0. The number of rotatable bonds is 9. The van der Waals surface area contributed by atoms with Crippen LogP contribution in [0.5, 0.6) is 0 Å². The first-order chi connectivity index (χ1) is 18.3. The zero-order valence-electron chi connectivity index (χ0n) is 22.6. The molecule has 2 aromatic heterocycles. The quantitative estimate of drug-likeness (QED) is 0.183. The summed E-state index contributed by atoms with van der Waals surface area (Å²) < 4.78 is -0.273. The molecular weight excluding hydrogens is 476 g/mol. The third-order valence-corrected chi connectivity index (χ3v) is 8.25. The molecule has 1 aliphatic rings. The van der Waals surface area contributed by atoms with Crippen molar-refractivity contribution in [2.45, 2.75) is 71.5 Å². The number of nitrogens with zero attached hydrogens (tertiary/aromatic N) is 4. The molecule has 0 aliphatic carbocycles. The molecule has 3 N–H and O–H groups in total. The fraction of sp³-hybridized carbons (Fsp3) is 0.433. The summed E-state index contributed by atoms with van der Waals surface area (Å²) in [6, 6.07) is 15.9. The SMILES string of the molecule is CCc1nc2c(N)nc3cccc(CCCCN(C(C)=O)C4CC[N+]([O-])(Cc5ccccc5)C4C)c3c2[nH]1. The number of likely N-dealkylation sites (tertiary alicyclic amines) is 1. The minimum absolute atomic E-state index is 0.0319. The van der Waals surface area contributed by atoms with Crippen molar-refractivity contribution in [3.05, 3.63) is 70.7 Å². The number of amides is 1. The fourth-order valence-corrected chi connectivity index (χ4v) is 6.11. The number of carbonyl (C=O) groups excluding carboxylic acids is 1.